The lowest BCUT2D eigenvalue weighted by molar-refractivity contribution is -0.118. The second-order valence-corrected chi connectivity index (χ2v) is 7.40. The van der Waals surface area contributed by atoms with E-state index in [0.717, 1.165) is 23.5 Å². The van der Waals surface area contributed by atoms with Crippen LogP contribution in [-0.2, 0) is 11.3 Å². The van der Waals surface area contributed by atoms with Crippen molar-refractivity contribution >= 4 is 23.4 Å². The number of rotatable bonds is 6. The lowest BCUT2D eigenvalue weighted by Crippen LogP contribution is -2.39. The van der Waals surface area contributed by atoms with E-state index in [1.165, 1.54) is 19.9 Å². The minimum absolute atomic E-state index is 0.150. The summed E-state index contributed by atoms with van der Waals surface area (Å²) >= 11 is 0. The number of nitrogens with one attached hydrogen (secondary N) is 1. The van der Waals surface area contributed by atoms with Crippen LogP contribution in [0.2, 0.25) is 0 Å². The summed E-state index contributed by atoms with van der Waals surface area (Å²) in [7, 11) is 1.46. The summed E-state index contributed by atoms with van der Waals surface area (Å²) < 4.78 is 5.46. The maximum absolute atomic E-state index is 12.7. The number of fused-ring (bicyclic) bond motifs is 1. The van der Waals surface area contributed by atoms with Crippen molar-refractivity contribution in [2.24, 2.45) is 0 Å². The number of furan rings is 1. The van der Waals surface area contributed by atoms with Gasteiger partial charge >= 0.3 is 0 Å². The smallest absolute Gasteiger partial charge is 0.261 e. The van der Waals surface area contributed by atoms with Gasteiger partial charge in [-0.2, -0.15) is 0 Å². The number of carbonyl (C=O) groups is 3. The van der Waals surface area contributed by atoms with E-state index in [4.69, 9.17) is 4.42 Å². The SMILES string of the molecule is CN1C(=O)c2ccc(NC(=O)CN(Cc3ccco3)C3CCCC3)cc2C1=O. The summed E-state index contributed by atoms with van der Waals surface area (Å²) in [4.78, 5) is 40.0. The fraction of sp³-hybridized carbons (Fsp3) is 0.381. The van der Waals surface area contributed by atoms with Crippen molar-refractivity contribution in [2.45, 2.75) is 38.3 Å². The summed E-state index contributed by atoms with van der Waals surface area (Å²) in [6.45, 7) is 0.836. The topological polar surface area (TPSA) is 82.9 Å². The molecule has 1 aliphatic carbocycles. The van der Waals surface area contributed by atoms with Gasteiger partial charge in [-0.1, -0.05) is 12.8 Å². The van der Waals surface area contributed by atoms with E-state index in [2.05, 4.69) is 10.2 Å². The quantitative estimate of drug-likeness (QED) is 0.778. The van der Waals surface area contributed by atoms with Crippen molar-refractivity contribution in [1.82, 2.24) is 9.80 Å². The number of hydrogen-bond acceptors (Lipinski definition) is 5. The molecule has 28 heavy (non-hydrogen) atoms. The second kappa shape index (κ2) is 7.59. The van der Waals surface area contributed by atoms with Gasteiger partial charge in [0.1, 0.15) is 5.76 Å². The zero-order chi connectivity index (χ0) is 19.7. The van der Waals surface area contributed by atoms with Gasteiger partial charge in [-0.25, -0.2) is 0 Å². The Morgan fingerprint density at radius 2 is 1.93 bits per heavy atom. The van der Waals surface area contributed by atoms with Crippen molar-refractivity contribution in [2.75, 3.05) is 18.9 Å². The molecule has 146 valence electrons. The Kier molecular flexibility index (Phi) is 5.00. The van der Waals surface area contributed by atoms with E-state index >= 15 is 0 Å². The molecule has 1 fully saturated rings. The molecule has 4 rings (SSSR count). The van der Waals surface area contributed by atoms with Gasteiger partial charge in [-0.15, -0.1) is 0 Å². The highest BCUT2D eigenvalue weighted by Gasteiger charge is 2.33. The Hall–Kier alpha value is -2.93. The average Bonchev–Trinajstić information content (AvgIpc) is 3.42. The molecule has 0 bridgehead atoms. The zero-order valence-electron chi connectivity index (χ0n) is 15.8. The van der Waals surface area contributed by atoms with Gasteiger partial charge in [-0.05, 0) is 43.2 Å². The summed E-state index contributed by atoms with van der Waals surface area (Å²) in [5.41, 5.74) is 1.22. The standard InChI is InChI=1S/C21H23N3O4/c1-23-20(26)17-9-8-14(11-18(17)21(23)27)22-19(25)13-24(15-5-2-3-6-15)12-16-7-4-10-28-16/h4,7-11,15H,2-3,5-6,12-13H2,1H3,(H,22,25). The maximum atomic E-state index is 12.7. The van der Waals surface area contributed by atoms with Crippen LogP contribution in [0.3, 0.4) is 0 Å². The van der Waals surface area contributed by atoms with E-state index in [9.17, 15) is 14.4 Å². The van der Waals surface area contributed by atoms with Crippen LogP contribution in [0.1, 0.15) is 52.2 Å². The van der Waals surface area contributed by atoms with Crippen LogP contribution < -0.4 is 5.32 Å². The van der Waals surface area contributed by atoms with Crippen molar-refractivity contribution in [3.63, 3.8) is 0 Å². The highest BCUT2D eigenvalue weighted by molar-refractivity contribution is 6.21. The number of carbonyl (C=O) groups excluding carboxylic acids is 3. The predicted octanol–water partition coefficient (Wildman–Crippen LogP) is 2.89. The second-order valence-electron chi connectivity index (χ2n) is 7.40. The van der Waals surface area contributed by atoms with Crippen LogP contribution in [0, 0.1) is 0 Å². The zero-order valence-corrected chi connectivity index (χ0v) is 15.8. The number of anilines is 1. The number of imide groups is 1. The predicted molar refractivity (Wildman–Crippen MR) is 103 cm³/mol. The summed E-state index contributed by atoms with van der Waals surface area (Å²) in [6.07, 6.45) is 6.15. The molecule has 0 radical (unpaired) electrons. The minimum Gasteiger partial charge on any atom is -0.468 e. The van der Waals surface area contributed by atoms with Crippen molar-refractivity contribution in [3.05, 3.63) is 53.5 Å². The fourth-order valence-electron chi connectivity index (χ4n) is 4.01. The first-order chi connectivity index (χ1) is 13.5. The van der Waals surface area contributed by atoms with Crippen LogP contribution in [-0.4, -0.2) is 47.2 Å². The molecule has 1 aromatic carbocycles. The third-order valence-corrected chi connectivity index (χ3v) is 5.50. The molecule has 2 heterocycles. The molecule has 0 atom stereocenters. The van der Waals surface area contributed by atoms with E-state index < -0.39 is 0 Å². The first-order valence-corrected chi connectivity index (χ1v) is 9.55. The highest BCUT2D eigenvalue weighted by Crippen LogP contribution is 2.26. The molecule has 0 saturated heterocycles. The van der Waals surface area contributed by atoms with Crippen molar-refractivity contribution < 1.29 is 18.8 Å². The highest BCUT2D eigenvalue weighted by atomic mass is 16.3. The largest absolute Gasteiger partial charge is 0.468 e. The maximum Gasteiger partial charge on any atom is 0.261 e. The number of hydrogen-bond donors (Lipinski definition) is 1. The van der Waals surface area contributed by atoms with Gasteiger partial charge in [0.15, 0.2) is 0 Å². The fourth-order valence-corrected chi connectivity index (χ4v) is 4.01. The lowest BCUT2D eigenvalue weighted by atomic mass is 10.1. The van der Waals surface area contributed by atoms with Crippen LogP contribution in [0.5, 0.6) is 0 Å². The normalized spacial score (nSPS) is 16.9. The van der Waals surface area contributed by atoms with Crippen molar-refractivity contribution in [1.29, 1.82) is 0 Å². The van der Waals surface area contributed by atoms with Gasteiger partial charge < -0.3 is 9.73 Å². The van der Waals surface area contributed by atoms with Crippen LogP contribution >= 0.6 is 0 Å². The summed E-state index contributed by atoms with van der Waals surface area (Å²) in [6, 6.07) is 8.95. The molecule has 2 aromatic rings. The summed E-state index contributed by atoms with van der Waals surface area (Å²) in [5.74, 6) is 0.0261. The Labute approximate surface area is 163 Å². The van der Waals surface area contributed by atoms with Crippen LogP contribution in [0.15, 0.2) is 41.0 Å². The van der Waals surface area contributed by atoms with Gasteiger partial charge in [0.2, 0.25) is 5.91 Å². The molecule has 7 heteroatoms. The van der Waals surface area contributed by atoms with Gasteiger partial charge in [0, 0.05) is 18.8 Å². The minimum atomic E-state index is -0.346. The third-order valence-electron chi connectivity index (χ3n) is 5.50. The molecule has 1 saturated carbocycles. The van der Waals surface area contributed by atoms with E-state index in [1.807, 2.05) is 12.1 Å². The molecule has 2 aliphatic rings. The van der Waals surface area contributed by atoms with E-state index in [-0.39, 0.29) is 24.3 Å². The van der Waals surface area contributed by atoms with Gasteiger partial charge in [0.05, 0.1) is 30.5 Å². The van der Waals surface area contributed by atoms with E-state index in [1.54, 1.807) is 24.5 Å². The molecule has 1 N–H and O–H groups in total. The Balaban J connectivity index is 1.45. The molecule has 0 spiro atoms. The Bertz CT molecular complexity index is 900. The molecule has 1 aliphatic heterocycles. The molecular weight excluding hydrogens is 358 g/mol. The third kappa shape index (κ3) is 3.57. The Morgan fingerprint density at radius 1 is 1.18 bits per heavy atom. The molecule has 1 aromatic heterocycles. The van der Waals surface area contributed by atoms with Gasteiger partial charge in [0.25, 0.3) is 11.8 Å². The van der Waals surface area contributed by atoms with Gasteiger partial charge in [-0.3, -0.25) is 24.2 Å². The summed E-state index contributed by atoms with van der Waals surface area (Å²) in [5, 5.41) is 2.86. The number of amides is 3. The number of nitrogens with zero attached hydrogens (tertiary/aromatic N) is 2. The Morgan fingerprint density at radius 3 is 2.64 bits per heavy atom. The molecular formula is C21H23N3O4. The lowest BCUT2D eigenvalue weighted by Gasteiger charge is -2.27. The van der Waals surface area contributed by atoms with Crippen LogP contribution in [0.4, 0.5) is 5.69 Å². The number of benzene rings is 1. The van der Waals surface area contributed by atoms with E-state index in [0.29, 0.717) is 29.4 Å². The molecule has 3 amide bonds. The average molecular weight is 381 g/mol. The monoisotopic (exact) mass is 381 g/mol. The molecule has 0 unspecified atom stereocenters. The first kappa shape index (κ1) is 18.4. The molecule has 7 nitrogen and oxygen atoms in total. The first-order valence-electron chi connectivity index (χ1n) is 9.55. The van der Waals surface area contributed by atoms with Crippen LogP contribution in [0.25, 0.3) is 0 Å². The van der Waals surface area contributed by atoms with Crippen molar-refractivity contribution in [3.8, 4) is 0 Å².